The average Bonchev–Trinajstić information content (AvgIpc) is 3.40. The molecule has 0 bridgehead atoms. The Balaban J connectivity index is 1.69. The SMILES string of the molecule is CC(C)(O)C(=O)Nc1cnc(-c2cc(-c3ccon3)n(Cc3ccccc3F)n2)nc1N. The number of nitrogens with zero attached hydrogens (tertiary/aromatic N) is 5. The Hall–Kier alpha value is -4.12. The fourth-order valence-electron chi connectivity index (χ4n) is 2.88. The van der Waals surface area contributed by atoms with Crippen molar-refractivity contribution in [1.82, 2.24) is 24.9 Å². The molecule has 3 heterocycles. The van der Waals surface area contributed by atoms with Crippen molar-refractivity contribution in [3.63, 3.8) is 0 Å². The highest BCUT2D eigenvalue weighted by Crippen LogP contribution is 2.26. The highest BCUT2D eigenvalue weighted by Gasteiger charge is 2.25. The number of aromatic nitrogens is 5. The summed E-state index contributed by atoms with van der Waals surface area (Å²) in [6.07, 6.45) is 2.75. The third-order valence-electron chi connectivity index (χ3n) is 4.61. The van der Waals surface area contributed by atoms with Crippen LogP contribution in [0.3, 0.4) is 0 Å². The lowest BCUT2D eigenvalue weighted by molar-refractivity contribution is -0.130. The Labute approximate surface area is 181 Å². The van der Waals surface area contributed by atoms with Crippen molar-refractivity contribution < 1.29 is 18.8 Å². The first-order valence-electron chi connectivity index (χ1n) is 9.61. The molecule has 0 aliphatic rings. The van der Waals surface area contributed by atoms with Gasteiger partial charge in [0.15, 0.2) is 11.6 Å². The molecule has 0 atom stereocenters. The van der Waals surface area contributed by atoms with E-state index in [1.165, 1.54) is 32.4 Å². The quantitative estimate of drug-likeness (QED) is 0.417. The van der Waals surface area contributed by atoms with Crippen LogP contribution in [-0.4, -0.2) is 41.5 Å². The fourth-order valence-corrected chi connectivity index (χ4v) is 2.88. The summed E-state index contributed by atoms with van der Waals surface area (Å²) in [5, 5.41) is 20.7. The van der Waals surface area contributed by atoms with E-state index in [1.807, 2.05) is 0 Å². The number of aliphatic hydroxyl groups is 1. The predicted molar refractivity (Wildman–Crippen MR) is 114 cm³/mol. The Bertz CT molecular complexity index is 1260. The summed E-state index contributed by atoms with van der Waals surface area (Å²) >= 11 is 0. The molecule has 11 heteroatoms. The van der Waals surface area contributed by atoms with Gasteiger partial charge >= 0.3 is 0 Å². The summed E-state index contributed by atoms with van der Waals surface area (Å²) in [7, 11) is 0. The molecule has 4 N–H and O–H groups in total. The molecule has 3 aromatic heterocycles. The van der Waals surface area contributed by atoms with E-state index >= 15 is 0 Å². The molecule has 0 unspecified atom stereocenters. The van der Waals surface area contributed by atoms with Gasteiger partial charge in [-0.3, -0.25) is 9.48 Å². The minimum atomic E-state index is -1.59. The van der Waals surface area contributed by atoms with Crippen LogP contribution in [0.2, 0.25) is 0 Å². The number of carbonyl (C=O) groups excluding carboxylic acids is 1. The van der Waals surface area contributed by atoms with Crippen LogP contribution < -0.4 is 11.1 Å². The molecule has 32 heavy (non-hydrogen) atoms. The van der Waals surface area contributed by atoms with E-state index in [0.29, 0.717) is 22.6 Å². The number of halogens is 1. The first-order chi connectivity index (χ1) is 15.2. The van der Waals surface area contributed by atoms with E-state index in [-0.39, 0.29) is 29.7 Å². The Morgan fingerprint density at radius 3 is 2.72 bits per heavy atom. The van der Waals surface area contributed by atoms with E-state index in [1.54, 1.807) is 35.0 Å². The zero-order chi connectivity index (χ0) is 22.9. The molecule has 10 nitrogen and oxygen atoms in total. The molecule has 0 fully saturated rings. The summed E-state index contributed by atoms with van der Waals surface area (Å²) in [6.45, 7) is 2.84. The number of nitrogens with one attached hydrogen (secondary N) is 1. The maximum Gasteiger partial charge on any atom is 0.255 e. The third kappa shape index (κ3) is 4.32. The van der Waals surface area contributed by atoms with E-state index in [4.69, 9.17) is 10.3 Å². The second-order valence-electron chi connectivity index (χ2n) is 7.55. The standard InChI is InChI=1S/C21H20FN7O3/c1-21(2,31)20(30)25-16-10-24-19(26-18(16)23)15-9-17(14-7-8-32-28-14)29(27-15)11-12-5-3-4-6-13(12)22/h3-10,31H,11H2,1-2H3,(H,25,30)(H2,23,24,26). The second kappa shape index (κ2) is 8.19. The molecule has 0 saturated carbocycles. The third-order valence-corrected chi connectivity index (χ3v) is 4.61. The topological polar surface area (TPSA) is 145 Å². The molecule has 4 rings (SSSR count). The van der Waals surface area contributed by atoms with Crippen molar-refractivity contribution in [3.8, 4) is 22.9 Å². The van der Waals surface area contributed by atoms with E-state index in [2.05, 4.69) is 25.5 Å². The van der Waals surface area contributed by atoms with E-state index in [9.17, 15) is 14.3 Å². The molecule has 0 radical (unpaired) electrons. The number of hydrogen-bond acceptors (Lipinski definition) is 8. The van der Waals surface area contributed by atoms with Gasteiger partial charge in [0.05, 0.1) is 18.4 Å². The molecular weight excluding hydrogens is 417 g/mol. The van der Waals surface area contributed by atoms with Gasteiger partial charge < -0.3 is 20.7 Å². The Morgan fingerprint density at radius 1 is 1.28 bits per heavy atom. The van der Waals surface area contributed by atoms with Crippen molar-refractivity contribution in [1.29, 1.82) is 0 Å². The number of hydrogen-bond donors (Lipinski definition) is 3. The van der Waals surface area contributed by atoms with Gasteiger partial charge in [0, 0.05) is 11.6 Å². The van der Waals surface area contributed by atoms with E-state index < -0.39 is 11.5 Å². The largest absolute Gasteiger partial charge is 0.382 e. The molecule has 0 aliphatic heterocycles. The van der Waals surface area contributed by atoms with Crippen molar-refractivity contribution in [2.45, 2.75) is 26.0 Å². The van der Waals surface area contributed by atoms with Crippen LogP contribution in [0.1, 0.15) is 19.4 Å². The van der Waals surface area contributed by atoms with Crippen LogP contribution in [0.4, 0.5) is 15.9 Å². The van der Waals surface area contributed by atoms with Crippen molar-refractivity contribution in [2.75, 3.05) is 11.1 Å². The zero-order valence-corrected chi connectivity index (χ0v) is 17.3. The first-order valence-corrected chi connectivity index (χ1v) is 9.61. The number of nitrogens with two attached hydrogens (primary N) is 1. The smallest absolute Gasteiger partial charge is 0.255 e. The lowest BCUT2D eigenvalue weighted by atomic mass is 10.1. The molecule has 164 valence electrons. The lowest BCUT2D eigenvalue weighted by Crippen LogP contribution is -2.37. The Morgan fingerprint density at radius 2 is 2.06 bits per heavy atom. The molecule has 0 spiro atoms. The predicted octanol–water partition coefficient (Wildman–Crippen LogP) is 2.47. The van der Waals surface area contributed by atoms with E-state index in [0.717, 1.165) is 0 Å². The number of nitrogen functional groups attached to an aromatic ring is 1. The minimum absolute atomic E-state index is 0.000704. The maximum atomic E-state index is 14.2. The molecule has 1 aromatic carbocycles. The van der Waals surface area contributed by atoms with Gasteiger partial charge in [-0.05, 0) is 26.0 Å². The lowest BCUT2D eigenvalue weighted by Gasteiger charge is -2.17. The van der Waals surface area contributed by atoms with Crippen molar-refractivity contribution in [3.05, 3.63) is 60.2 Å². The van der Waals surface area contributed by atoms with Crippen LogP contribution in [-0.2, 0) is 11.3 Å². The monoisotopic (exact) mass is 437 g/mol. The summed E-state index contributed by atoms with van der Waals surface area (Å²) in [4.78, 5) is 20.4. The summed E-state index contributed by atoms with van der Waals surface area (Å²) in [6, 6.07) is 9.73. The normalized spacial score (nSPS) is 11.5. The molecule has 4 aromatic rings. The first kappa shape index (κ1) is 21.1. The average molecular weight is 437 g/mol. The highest BCUT2D eigenvalue weighted by atomic mass is 19.1. The van der Waals surface area contributed by atoms with Gasteiger partial charge in [0.25, 0.3) is 5.91 Å². The maximum absolute atomic E-state index is 14.2. The van der Waals surface area contributed by atoms with Crippen molar-refractivity contribution in [2.24, 2.45) is 0 Å². The van der Waals surface area contributed by atoms with Gasteiger partial charge in [0.1, 0.15) is 34.8 Å². The second-order valence-corrected chi connectivity index (χ2v) is 7.55. The summed E-state index contributed by atoms with van der Waals surface area (Å²) in [5.41, 5.74) is 6.41. The fraction of sp³-hybridized carbons (Fsp3) is 0.190. The zero-order valence-electron chi connectivity index (χ0n) is 17.3. The van der Waals surface area contributed by atoms with Gasteiger partial charge in [0.2, 0.25) is 0 Å². The number of benzene rings is 1. The van der Waals surface area contributed by atoms with Gasteiger partial charge in [-0.15, -0.1) is 0 Å². The van der Waals surface area contributed by atoms with Crippen LogP contribution in [0.25, 0.3) is 22.9 Å². The summed E-state index contributed by atoms with van der Waals surface area (Å²) in [5.74, 6) is -0.814. The molecule has 0 aliphatic carbocycles. The van der Waals surface area contributed by atoms with Gasteiger partial charge in [-0.25, -0.2) is 14.4 Å². The van der Waals surface area contributed by atoms with Crippen molar-refractivity contribution >= 4 is 17.4 Å². The highest BCUT2D eigenvalue weighted by molar-refractivity contribution is 5.98. The molecular formula is C21H20FN7O3. The Kier molecular flexibility index (Phi) is 5.41. The van der Waals surface area contributed by atoms with Crippen LogP contribution in [0, 0.1) is 5.82 Å². The van der Waals surface area contributed by atoms with Crippen LogP contribution >= 0.6 is 0 Å². The number of anilines is 2. The van der Waals surface area contributed by atoms with Crippen LogP contribution in [0.15, 0.2) is 53.4 Å². The number of amides is 1. The number of rotatable bonds is 6. The van der Waals surface area contributed by atoms with Gasteiger partial charge in [-0.1, -0.05) is 23.4 Å². The minimum Gasteiger partial charge on any atom is -0.382 e. The van der Waals surface area contributed by atoms with Crippen LogP contribution in [0.5, 0.6) is 0 Å². The molecule has 1 amide bonds. The van der Waals surface area contributed by atoms with Gasteiger partial charge in [-0.2, -0.15) is 5.10 Å². The number of carbonyl (C=O) groups is 1. The summed E-state index contributed by atoms with van der Waals surface area (Å²) < 4.78 is 20.7. The molecule has 0 saturated heterocycles.